The molecular weight excluding hydrogens is 396 g/mol. The Labute approximate surface area is 148 Å². The van der Waals surface area contributed by atoms with Crippen molar-refractivity contribution in [1.82, 2.24) is 15.6 Å². The van der Waals surface area contributed by atoms with Crippen molar-refractivity contribution in [3.8, 4) is 0 Å². The molecule has 0 radical (unpaired) electrons. The molecule has 0 saturated heterocycles. The van der Waals surface area contributed by atoms with E-state index in [0.29, 0.717) is 0 Å². The minimum atomic E-state index is -0.853. The minimum Gasteiger partial charge on any atom is -0.458 e. The number of nitrogens with zero attached hydrogens (tertiary/aromatic N) is 2. The van der Waals surface area contributed by atoms with Crippen LogP contribution in [-0.2, 0) is 16.0 Å². The Morgan fingerprint density at radius 1 is 1.04 bits per heavy atom. The van der Waals surface area contributed by atoms with Crippen molar-refractivity contribution in [3.05, 3.63) is 31.9 Å². The second kappa shape index (κ2) is 7.87. The van der Waals surface area contributed by atoms with E-state index in [2.05, 4.69) is 20.2 Å². The Hall–Kier alpha value is -1.48. The summed E-state index contributed by atoms with van der Waals surface area (Å²) >= 11 is 22.6. The van der Waals surface area contributed by atoms with Gasteiger partial charge >= 0.3 is 5.97 Å². The molecule has 0 aliphatic heterocycles. The third kappa shape index (κ3) is 4.51. The number of nitrogens with one attached hydrogen (secondary N) is 1. The van der Waals surface area contributed by atoms with Gasteiger partial charge in [-0.2, -0.15) is 0 Å². The molecule has 2 heterocycles. The Balaban J connectivity index is 1.73. The van der Waals surface area contributed by atoms with Gasteiger partial charge in [0.2, 0.25) is 5.91 Å². The number of rotatable bonds is 6. The molecule has 23 heavy (non-hydrogen) atoms. The van der Waals surface area contributed by atoms with E-state index in [4.69, 9.17) is 55.7 Å². The van der Waals surface area contributed by atoms with Gasteiger partial charge in [0, 0.05) is 0 Å². The summed E-state index contributed by atoms with van der Waals surface area (Å²) < 4.78 is 14.2. The number of hydrogen-bond donors (Lipinski definition) is 1. The summed E-state index contributed by atoms with van der Waals surface area (Å²) in [6.45, 7) is -0.0757. The molecule has 8 nitrogen and oxygen atoms in total. The zero-order chi connectivity index (χ0) is 17.0. The number of amides is 1. The van der Waals surface area contributed by atoms with Crippen LogP contribution in [0.5, 0.6) is 0 Å². The summed E-state index contributed by atoms with van der Waals surface area (Å²) in [4.78, 5) is 23.2. The molecule has 0 aliphatic rings. The van der Waals surface area contributed by atoms with Gasteiger partial charge < -0.3 is 19.1 Å². The second-order valence-electron chi connectivity index (χ2n) is 3.99. The normalized spacial score (nSPS) is 10.6. The number of ether oxygens (including phenoxy) is 1. The van der Waals surface area contributed by atoms with E-state index >= 15 is 0 Å². The largest absolute Gasteiger partial charge is 0.458 e. The highest BCUT2D eigenvalue weighted by Gasteiger charge is 2.21. The van der Waals surface area contributed by atoms with Gasteiger partial charge in [-0.05, 0) is 0 Å². The van der Waals surface area contributed by atoms with Crippen molar-refractivity contribution < 1.29 is 23.4 Å². The maximum absolute atomic E-state index is 11.6. The Kier molecular flexibility index (Phi) is 6.11. The van der Waals surface area contributed by atoms with Crippen LogP contribution in [-0.4, -0.2) is 35.3 Å². The maximum Gasteiger partial charge on any atom is 0.378 e. The molecule has 0 spiro atoms. The first-order chi connectivity index (χ1) is 10.9. The molecule has 0 aromatic carbocycles. The van der Waals surface area contributed by atoms with Crippen molar-refractivity contribution >= 4 is 58.3 Å². The van der Waals surface area contributed by atoms with Gasteiger partial charge in [-0.1, -0.05) is 56.7 Å². The molecule has 0 atom stereocenters. The summed E-state index contributed by atoms with van der Waals surface area (Å²) in [7, 11) is 0. The van der Waals surface area contributed by atoms with E-state index in [0.717, 1.165) is 0 Å². The average molecular weight is 403 g/mol. The van der Waals surface area contributed by atoms with Crippen molar-refractivity contribution in [3.63, 3.8) is 0 Å². The highest BCUT2D eigenvalue weighted by molar-refractivity contribution is 6.42. The summed E-state index contributed by atoms with van der Waals surface area (Å²) in [5.41, 5.74) is 0. The molecule has 0 aliphatic carbocycles. The van der Waals surface area contributed by atoms with E-state index in [1.807, 2.05) is 0 Å². The molecule has 12 heteroatoms. The van der Waals surface area contributed by atoms with Crippen molar-refractivity contribution in [2.75, 3.05) is 13.2 Å². The van der Waals surface area contributed by atoms with E-state index < -0.39 is 11.9 Å². The lowest BCUT2D eigenvalue weighted by Gasteiger charge is -2.04. The molecule has 0 bridgehead atoms. The van der Waals surface area contributed by atoms with E-state index in [9.17, 15) is 9.59 Å². The smallest absolute Gasteiger partial charge is 0.378 e. The molecule has 124 valence electrons. The fraction of sp³-hybridized carbons (Fsp3) is 0.273. The molecule has 1 amide bonds. The Morgan fingerprint density at radius 2 is 1.70 bits per heavy atom. The first kappa shape index (κ1) is 17.9. The first-order valence-electron chi connectivity index (χ1n) is 5.94. The predicted molar refractivity (Wildman–Crippen MR) is 80.0 cm³/mol. The highest BCUT2D eigenvalue weighted by atomic mass is 35.5. The zero-order valence-electron chi connectivity index (χ0n) is 11.1. The van der Waals surface area contributed by atoms with Gasteiger partial charge in [0.15, 0.2) is 16.1 Å². The number of carbonyl (C=O) groups excluding carboxylic acids is 2. The van der Waals surface area contributed by atoms with Gasteiger partial charge in [-0.25, -0.2) is 4.79 Å². The monoisotopic (exact) mass is 401 g/mol. The number of esters is 1. The number of halogens is 4. The molecule has 2 aromatic heterocycles. The van der Waals surface area contributed by atoms with Gasteiger partial charge in [-0.15, -0.1) is 0 Å². The van der Waals surface area contributed by atoms with Crippen LogP contribution in [0.25, 0.3) is 0 Å². The van der Waals surface area contributed by atoms with E-state index in [1.54, 1.807) is 0 Å². The third-order valence-electron chi connectivity index (χ3n) is 2.42. The fourth-order valence-corrected chi connectivity index (χ4v) is 1.94. The van der Waals surface area contributed by atoms with Crippen molar-refractivity contribution in [1.29, 1.82) is 0 Å². The highest BCUT2D eigenvalue weighted by Crippen LogP contribution is 2.25. The lowest BCUT2D eigenvalue weighted by molar-refractivity contribution is -0.120. The van der Waals surface area contributed by atoms with Crippen LogP contribution >= 0.6 is 46.4 Å². The summed E-state index contributed by atoms with van der Waals surface area (Å²) in [5.74, 6) is -1.45. The van der Waals surface area contributed by atoms with Gasteiger partial charge in [-0.3, -0.25) is 4.79 Å². The second-order valence-corrected chi connectivity index (χ2v) is 5.46. The van der Waals surface area contributed by atoms with Crippen molar-refractivity contribution in [2.24, 2.45) is 0 Å². The first-order valence-corrected chi connectivity index (χ1v) is 7.45. The van der Waals surface area contributed by atoms with Crippen LogP contribution in [0.2, 0.25) is 20.4 Å². The van der Waals surface area contributed by atoms with Gasteiger partial charge in [0.25, 0.3) is 5.76 Å². The summed E-state index contributed by atoms with van der Waals surface area (Å²) in [6, 6.07) is 0. The number of carbonyl (C=O) groups is 2. The molecule has 0 saturated carbocycles. The average Bonchev–Trinajstić information content (AvgIpc) is 3.01. The van der Waals surface area contributed by atoms with Crippen LogP contribution in [0, 0.1) is 0 Å². The lowest BCUT2D eigenvalue weighted by Crippen LogP contribution is -2.29. The molecular formula is C11H7Cl4N3O5. The minimum absolute atomic E-state index is 0.0222. The quantitative estimate of drug-likeness (QED) is 0.584. The molecule has 2 aromatic rings. The number of aromatic nitrogens is 2. The number of hydrogen-bond acceptors (Lipinski definition) is 7. The molecule has 1 N–H and O–H groups in total. The predicted octanol–water partition coefficient (Wildman–Crippen LogP) is 2.79. The zero-order valence-corrected chi connectivity index (χ0v) is 14.1. The Morgan fingerprint density at radius 3 is 2.26 bits per heavy atom. The summed E-state index contributed by atoms with van der Waals surface area (Å²) in [5, 5.41) is 8.95. The van der Waals surface area contributed by atoms with Crippen LogP contribution < -0.4 is 5.32 Å². The maximum atomic E-state index is 11.6. The SMILES string of the molecule is O=C(Cc1onc(Cl)c1Cl)NCCOC(=O)c1onc(Cl)c1Cl. The standard InChI is InChI=1S/C11H7Cl4N3O5/c12-6-4(22-17-9(6)14)3-5(19)16-1-2-21-11(20)8-7(13)10(15)18-23-8/h1-3H2,(H,16,19). The fourth-order valence-electron chi connectivity index (χ4n) is 1.39. The molecule has 2 rings (SSSR count). The molecule has 0 unspecified atom stereocenters. The topological polar surface area (TPSA) is 107 Å². The van der Waals surface area contributed by atoms with Crippen molar-refractivity contribution in [2.45, 2.75) is 6.42 Å². The van der Waals surface area contributed by atoms with Gasteiger partial charge in [0.05, 0.1) is 13.0 Å². The summed E-state index contributed by atoms with van der Waals surface area (Å²) in [6.07, 6.45) is -0.157. The van der Waals surface area contributed by atoms with Crippen LogP contribution in [0.4, 0.5) is 0 Å². The van der Waals surface area contributed by atoms with Gasteiger partial charge in [0.1, 0.15) is 16.7 Å². The van der Waals surface area contributed by atoms with Crippen LogP contribution in [0.1, 0.15) is 16.3 Å². The third-order valence-corrected chi connectivity index (χ3v) is 3.87. The van der Waals surface area contributed by atoms with Crippen LogP contribution in [0.3, 0.4) is 0 Å². The molecule has 0 fully saturated rings. The van der Waals surface area contributed by atoms with E-state index in [1.165, 1.54) is 0 Å². The van der Waals surface area contributed by atoms with Crippen LogP contribution in [0.15, 0.2) is 9.05 Å². The Bertz CT molecular complexity index is 729. The van der Waals surface area contributed by atoms with E-state index in [-0.39, 0.29) is 51.4 Å². The lowest BCUT2D eigenvalue weighted by atomic mass is 10.3.